The first-order chi connectivity index (χ1) is 14.6. The number of benzene rings is 2. The summed E-state index contributed by atoms with van der Waals surface area (Å²) in [5.41, 5.74) is 1.44. The highest BCUT2D eigenvalue weighted by molar-refractivity contribution is 9.10. The normalized spacial score (nSPS) is 17.7. The lowest BCUT2D eigenvalue weighted by atomic mass is 10.1. The summed E-state index contributed by atoms with van der Waals surface area (Å²) in [5, 5.41) is 2.94. The van der Waals surface area contributed by atoms with Gasteiger partial charge in [0.05, 0.1) is 5.69 Å². The third kappa shape index (κ3) is 4.91. The van der Waals surface area contributed by atoms with Gasteiger partial charge in [-0.15, -0.1) is 0 Å². The molecule has 30 heavy (non-hydrogen) atoms. The first-order valence-electron chi connectivity index (χ1n) is 10.2. The van der Waals surface area contributed by atoms with Gasteiger partial charge in [-0.1, -0.05) is 40.2 Å². The van der Waals surface area contributed by atoms with Gasteiger partial charge >= 0.3 is 0 Å². The minimum atomic E-state index is -0.330. The molecule has 7 heteroatoms. The maximum Gasteiger partial charge on any atom is 0.294 e. The molecule has 2 aromatic rings. The van der Waals surface area contributed by atoms with Crippen molar-refractivity contribution < 1.29 is 14.3 Å². The Bertz CT molecular complexity index is 970. The highest BCUT2D eigenvalue weighted by Crippen LogP contribution is 2.35. The van der Waals surface area contributed by atoms with Gasteiger partial charge in [0.1, 0.15) is 6.54 Å². The quantitative estimate of drug-likeness (QED) is 0.658. The van der Waals surface area contributed by atoms with Crippen molar-refractivity contribution in [3.8, 4) is 5.75 Å². The lowest BCUT2D eigenvalue weighted by Crippen LogP contribution is -2.45. The average molecular weight is 470 g/mol. The van der Waals surface area contributed by atoms with Crippen molar-refractivity contribution in [1.29, 1.82) is 0 Å². The number of amides is 2. The number of carbonyl (C=O) groups excluding carboxylic acids is 2. The largest absolute Gasteiger partial charge is 0.449 e. The van der Waals surface area contributed by atoms with Crippen LogP contribution in [0.4, 0.5) is 5.69 Å². The van der Waals surface area contributed by atoms with Crippen LogP contribution in [-0.2, 0) is 9.59 Å². The van der Waals surface area contributed by atoms with Gasteiger partial charge in [0.25, 0.3) is 5.91 Å². The molecular formula is C23H24BrN3O3. The molecule has 156 valence electrons. The monoisotopic (exact) mass is 469 g/mol. The second kappa shape index (κ2) is 9.45. The van der Waals surface area contributed by atoms with Crippen LogP contribution in [0, 0.1) is 0 Å². The predicted molar refractivity (Wildman–Crippen MR) is 120 cm³/mol. The molecule has 0 spiro atoms. The van der Waals surface area contributed by atoms with Crippen molar-refractivity contribution >= 4 is 39.5 Å². The Morgan fingerprint density at radius 3 is 2.73 bits per heavy atom. The zero-order valence-electron chi connectivity index (χ0n) is 16.6. The van der Waals surface area contributed by atoms with Crippen LogP contribution in [-0.4, -0.2) is 49.4 Å². The van der Waals surface area contributed by atoms with E-state index < -0.39 is 0 Å². The van der Waals surface area contributed by atoms with Crippen molar-refractivity contribution in [2.75, 3.05) is 37.6 Å². The second-order valence-corrected chi connectivity index (χ2v) is 8.34. The van der Waals surface area contributed by atoms with Gasteiger partial charge in [0.15, 0.2) is 11.5 Å². The van der Waals surface area contributed by atoms with E-state index in [1.165, 1.54) is 17.7 Å². The number of nitrogens with one attached hydrogen (secondary N) is 1. The van der Waals surface area contributed by atoms with Crippen LogP contribution in [0.25, 0.3) is 6.08 Å². The maximum absolute atomic E-state index is 13.1. The highest BCUT2D eigenvalue weighted by Gasteiger charge is 2.31. The summed E-state index contributed by atoms with van der Waals surface area (Å²) in [4.78, 5) is 29.5. The van der Waals surface area contributed by atoms with Gasteiger partial charge in [0.2, 0.25) is 5.91 Å². The molecule has 0 saturated carbocycles. The topological polar surface area (TPSA) is 61.9 Å². The summed E-state index contributed by atoms with van der Waals surface area (Å²) in [5.74, 6) is 0.240. The second-order valence-electron chi connectivity index (χ2n) is 7.42. The molecule has 0 bridgehead atoms. The standard InChI is InChI=1S/C23H24BrN3O3/c24-18-7-5-6-17(14-18)15-21-23(29)27(19-8-1-2-9-20(19)30-21)16-22(28)25-10-13-26-11-3-4-12-26/h1-2,5-9,14-15H,3-4,10-13,16H2,(H,25,28). The molecule has 1 N–H and O–H groups in total. The van der Waals surface area contributed by atoms with Gasteiger partial charge in [0, 0.05) is 17.6 Å². The Labute approximate surface area is 184 Å². The Morgan fingerprint density at radius 2 is 1.93 bits per heavy atom. The maximum atomic E-state index is 13.1. The third-order valence-electron chi connectivity index (χ3n) is 5.23. The first kappa shape index (κ1) is 20.6. The number of ether oxygens (including phenoxy) is 1. The minimum absolute atomic E-state index is 0.0466. The lowest BCUT2D eigenvalue weighted by Gasteiger charge is -2.30. The minimum Gasteiger partial charge on any atom is -0.449 e. The fourth-order valence-corrected chi connectivity index (χ4v) is 4.14. The van der Waals surface area contributed by atoms with E-state index in [1.54, 1.807) is 18.2 Å². The van der Waals surface area contributed by atoms with E-state index >= 15 is 0 Å². The van der Waals surface area contributed by atoms with E-state index in [0.717, 1.165) is 29.7 Å². The number of halogens is 1. The summed E-state index contributed by atoms with van der Waals surface area (Å²) in [6.07, 6.45) is 4.14. The molecule has 2 heterocycles. The summed E-state index contributed by atoms with van der Waals surface area (Å²) in [6.45, 7) is 3.56. The van der Waals surface area contributed by atoms with Gasteiger partial charge in [-0.05, 0) is 61.8 Å². The SMILES string of the molecule is O=C(CN1C(=O)C(=Cc2cccc(Br)c2)Oc2ccccc21)NCCN1CCCC1. The fraction of sp³-hybridized carbons (Fsp3) is 0.304. The van der Waals surface area contributed by atoms with Crippen molar-refractivity contribution in [1.82, 2.24) is 10.2 Å². The number of likely N-dealkylation sites (tertiary alicyclic amines) is 1. The van der Waals surface area contributed by atoms with Crippen LogP contribution in [0.2, 0.25) is 0 Å². The highest BCUT2D eigenvalue weighted by atomic mass is 79.9. The van der Waals surface area contributed by atoms with Gasteiger partial charge in [-0.3, -0.25) is 14.5 Å². The van der Waals surface area contributed by atoms with E-state index in [4.69, 9.17) is 4.74 Å². The number of para-hydroxylation sites is 2. The van der Waals surface area contributed by atoms with Gasteiger partial charge in [-0.2, -0.15) is 0 Å². The van der Waals surface area contributed by atoms with Crippen molar-refractivity contribution in [2.45, 2.75) is 12.8 Å². The summed E-state index contributed by atoms with van der Waals surface area (Å²) in [7, 11) is 0. The third-order valence-corrected chi connectivity index (χ3v) is 5.72. The molecule has 0 unspecified atom stereocenters. The molecule has 2 amide bonds. The zero-order chi connectivity index (χ0) is 20.9. The van der Waals surface area contributed by atoms with Crippen LogP contribution in [0.3, 0.4) is 0 Å². The molecule has 1 saturated heterocycles. The predicted octanol–water partition coefficient (Wildman–Crippen LogP) is 3.43. The number of hydrogen-bond donors (Lipinski definition) is 1. The van der Waals surface area contributed by atoms with E-state index in [1.807, 2.05) is 36.4 Å². The molecule has 6 nitrogen and oxygen atoms in total. The van der Waals surface area contributed by atoms with E-state index in [-0.39, 0.29) is 24.1 Å². The molecule has 2 aliphatic heterocycles. The number of hydrogen-bond acceptors (Lipinski definition) is 4. The molecule has 4 rings (SSSR count). The van der Waals surface area contributed by atoms with Crippen molar-refractivity contribution in [3.63, 3.8) is 0 Å². The molecule has 0 aliphatic carbocycles. The molecule has 0 aromatic heterocycles. The molecule has 0 atom stereocenters. The van der Waals surface area contributed by atoms with E-state index in [9.17, 15) is 9.59 Å². The Morgan fingerprint density at radius 1 is 1.13 bits per heavy atom. The summed E-state index contributed by atoms with van der Waals surface area (Å²) < 4.78 is 6.78. The number of carbonyl (C=O) groups is 2. The molecular weight excluding hydrogens is 446 g/mol. The molecule has 2 aromatic carbocycles. The summed E-state index contributed by atoms with van der Waals surface area (Å²) in [6, 6.07) is 14.9. The zero-order valence-corrected chi connectivity index (χ0v) is 18.2. The van der Waals surface area contributed by atoms with Crippen LogP contribution in [0.5, 0.6) is 5.75 Å². The van der Waals surface area contributed by atoms with E-state index in [2.05, 4.69) is 26.1 Å². The number of rotatable bonds is 6. The van der Waals surface area contributed by atoms with Gasteiger partial charge < -0.3 is 15.0 Å². The van der Waals surface area contributed by atoms with Gasteiger partial charge in [-0.25, -0.2) is 0 Å². The summed E-state index contributed by atoms with van der Waals surface area (Å²) >= 11 is 3.44. The number of nitrogens with zero attached hydrogens (tertiary/aromatic N) is 2. The molecule has 2 aliphatic rings. The Kier molecular flexibility index (Phi) is 6.50. The number of fused-ring (bicyclic) bond motifs is 1. The average Bonchev–Trinajstić information content (AvgIpc) is 3.25. The molecule has 1 fully saturated rings. The van der Waals surface area contributed by atoms with E-state index in [0.29, 0.717) is 18.0 Å². The van der Waals surface area contributed by atoms with Crippen molar-refractivity contribution in [3.05, 3.63) is 64.3 Å². The van der Waals surface area contributed by atoms with Crippen LogP contribution >= 0.6 is 15.9 Å². The smallest absolute Gasteiger partial charge is 0.294 e. The lowest BCUT2D eigenvalue weighted by molar-refractivity contribution is -0.123. The van der Waals surface area contributed by atoms with Crippen LogP contribution in [0.1, 0.15) is 18.4 Å². The Balaban J connectivity index is 1.49. The van der Waals surface area contributed by atoms with Crippen molar-refractivity contribution in [2.24, 2.45) is 0 Å². The number of anilines is 1. The molecule has 0 radical (unpaired) electrons. The van der Waals surface area contributed by atoms with Crippen LogP contribution in [0.15, 0.2) is 58.8 Å². The first-order valence-corrected chi connectivity index (χ1v) is 10.9. The van der Waals surface area contributed by atoms with Crippen LogP contribution < -0.4 is 15.0 Å². The fourth-order valence-electron chi connectivity index (χ4n) is 3.73. The Hall–Kier alpha value is -2.64.